The molecule has 7 nitrogen and oxygen atoms in total. The van der Waals surface area contributed by atoms with Crippen LogP contribution in [0.25, 0.3) is 0 Å². The average molecular weight is 343 g/mol. The molecule has 1 aromatic heterocycles. The predicted molar refractivity (Wildman–Crippen MR) is 90.9 cm³/mol. The van der Waals surface area contributed by atoms with Gasteiger partial charge in [-0.2, -0.15) is 0 Å². The van der Waals surface area contributed by atoms with Gasteiger partial charge in [-0.1, -0.05) is 19.0 Å². The molecule has 4 rings (SSSR count). The minimum atomic E-state index is -0.143. The van der Waals surface area contributed by atoms with Gasteiger partial charge in [0.05, 0.1) is 6.04 Å². The van der Waals surface area contributed by atoms with E-state index in [1.54, 1.807) is 12.1 Å². The van der Waals surface area contributed by atoms with Gasteiger partial charge in [0.25, 0.3) is 0 Å². The molecule has 2 amide bonds. The molecule has 0 unspecified atom stereocenters. The van der Waals surface area contributed by atoms with E-state index in [2.05, 4.69) is 24.3 Å². The number of carbonyl (C=O) groups is 1. The quantitative estimate of drug-likeness (QED) is 0.915. The minimum Gasteiger partial charge on any atom is -0.454 e. The molecule has 2 aliphatic heterocycles. The molecule has 0 bridgehead atoms. The number of hydrogen-bond acceptors (Lipinski definition) is 5. The zero-order valence-corrected chi connectivity index (χ0v) is 14.3. The van der Waals surface area contributed by atoms with Gasteiger partial charge < -0.3 is 24.2 Å². The van der Waals surface area contributed by atoms with Gasteiger partial charge in [0.1, 0.15) is 11.5 Å². The van der Waals surface area contributed by atoms with Crippen molar-refractivity contribution in [2.45, 2.75) is 38.6 Å². The maximum absolute atomic E-state index is 12.7. The fourth-order valence-electron chi connectivity index (χ4n) is 3.22. The highest BCUT2D eigenvalue weighted by Gasteiger charge is 2.32. The van der Waals surface area contributed by atoms with E-state index in [0.717, 1.165) is 24.3 Å². The third-order valence-electron chi connectivity index (χ3n) is 4.59. The summed E-state index contributed by atoms with van der Waals surface area (Å²) in [6, 6.07) is 7.15. The zero-order chi connectivity index (χ0) is 17.4. The van der Waals surface area contributed by atoms with Crippen molar-refractivity contribution in [3.05, 3.63) is 35.7 Å². The Bertz CT molecular complexity index is 786. The number of ether oxygens (including phenoxy) is 2. The Hall–Kier alpha value is -2.70. The molecule has 1 fully saturated rings. The highest BCUT2D eigenvalue weighted by molar-refractivity contribution is 5.90. The molecule has 132 valence electrons. The van der Waals surface area contributed by atoms with Gasteiger partial charge in [0.15, 0.2) is 11.5 Å². The number of anilines is 1. The summed E-state index contributed by atoms with van der Waals surface area (Å²) in [4.78, 5) is 14.5. The monoisotopic (exact) mass is 343 g/mol. The second-order valence-corrected chi connectivity index (χ2v) is 6.66. The van der Waals surface area contributed by atoms with Gasteiger partial charge in [-0.3, -0.25) is 0 Å². The zero-order valence-electron chi connectivity index (χ0n) is 14.3. The number of likely N-dealkylation sites (tertiary alicyclic amines) is 1. The summed E-state index contributed by atoms with van der Waals surface area (Å²) in [5.41, 5.74) is 1.50. The Morgan fingerprint density at radius 1 is 1.28 bits per heavy atom. The average Bonchev–Trinajstić information content (AvgIpc) is 3.33. The molecule has 7 heteroatoms. The van der Waals surface area contributed by atoms with Crippen LogP contribution in [0, 0.1) is 0 Å². The van der Waals surface area contributed by atoms with Crippen LogP contribution in [0.2, 0.25) is 0 Å². The molecule has 1 aromatic carbocycles. The highest BCUT2D eigenvalue weighted by Crippen LogP contribution is 2.36. The molecular weight excluding hydrogens is 322 g/mol. The van der Waals surface area contributed by atoms with Crippen LogP contribution in [0.4, 0.5) is 10.5 Å². The van der Waals surface area contributed by atoms with Crippen LogP contribution < -0.4 is 14.8 Å². The standard InChI is InChI=1S/C18H21N3O4/c1-11(2)16-9-13(20-25-16)14-4-3-7-21(14)18(22)19-12-5-6-15-17(8-12)24-10-23-15/h5-6,8-9,11,14H,3-4,7,10H2,1-2H3,(H,19,22)/t14-/m1/s1. The molecule has 0 aliphatic carbocycles. The van der Waals surface area contributed by atoms with Gasteiger partial charge in [0.2, 0.25) is 6.79 Å². The smallest absolute Gasteiger partial charge is 0.322 e. The van der Waals surface area contributed by atoms with E-state index in [4.69, 9.17) is 14.0 Å². The number of aromatic nitrogens is 1. The SMILES string of the molecule is CC(C)c1cc([C@H]2CCCN2C(=O)Nc2ccc3c(c2)OCO3)no1. The number of nitrogens with zero attached hydrogens (tertiary/aromatic N) is 2. The molecule has 2 aromatic rings. The number of urea groups is 1. The van der Waals surface area contributed by atoms with Crippen LogP contribution >= 0.6 is 0 Å². The van der Waals surface area contributed by atoms with Crippen LogP contribution in [-0.4, -0.2) is 29.4 Å². The van der Waals surface area contributed by atoms with Crippen molar-refractivity contribution >= 4 is 11.7 Å². The topological polar surface area (TPSA) is 76.8 Å². The van der Waals surface area contributed by atoms with Crippen molar-refractivity contribution in [3.63, 3.8) is 0 Å². The fraction of sp³-hybridized carbons (Fsp3) is 0.444. The number of fused-ring (bicyclic) bond motifs is 1. The number of benzene rings is 1. The number of amides is 2. The summed E-state index contributed by atoms with van der Waals surface area (Å²) in [5, 5.41) is 7.11. The van der Waals surface area contributed by atoms with E-state index in [1.165, 1.54) is 0 Å². The fourth-order valence-corrected chi connectivity index (χ4v) is 3.22. The lowest BCUT2D eigenvalue weighted by molar-refractivity contribution is 0.174. The van der Waals surface area contributed by atoms with Crippen LogP contribution in [-0.2, 0) is 0 Å². The van der Waals surface area contributed by atoms with Gasteiger partial charge in [-0.05, 0) is 25.0 Å². The first-order valence-corrected chi connectivity index (χ1v) is 8.55. The van der Waals surface area contributed by atoms with Crippen LogP contribution in [0.3, 0.4) is 0 Å². The summed E-state index contributed by atoms with van der Waals surface area (Å²) in [5.74, 6) is 2.46. The second-order valence-electron chi connectivity index (χ2n) is 6.66. The van der Waals surface area contributed by atoms with Crippen molar-refractivity contribution in [2.24, 2.45) is 0 Å². The van der Waals surface area contributed by atoms with Crippen LogP contribution in [0.15, 0.2) is 28.8 Å². The summed E-state index contributed by atoms with van der Waals surface area (Å²) in [6.07, 6.45) is 1.84. The Labute approximate surface area is 145 Å². The highest BCUT2D eigenvalue weighted by atomic mass is 16.7. The molecule has 2 aliphatic rings. The van der Waals surface area contributed by atoms with Gasteiger partial charge in [0, 0.05) is 30.3 Å². The summed E-state index contributed by atoms with van der Waals surface area (Å²) >= 11 is 0. The lowest BCUT2D eigenvalue weighted by Gasteiger charge is -2.23. The van der Waals surface area contributed by atoms with Crippen molar-refractivity contribution in [2.75, 3.05) is 18.7 Å². The van der Waals surface area contributed by atoms with Gasteiger partial charge >= 0.3 is 6.03 Å². The normalized spacial score (nSPS) is 18.8. The first-order valence-electron chi connectivity index (χ1n) is 8.55. The lowest BCUT2D eigenvalue weighted by atomic mass is 10.1. The Morgan fingerprint density at radius 3 is 2.92 bits per heavy atom. The van der Waals surface area contributed by atoms with Crippen LogP contribution in [0.1, 0.15) is 50.1 Å². The maximum Gasteiger partial charge on any atom is 0.322 e. The van der Waals surface area contributed by atoms with E-state index in [0.29, 0.717) is 23.7 Å². The van der Waals surface area contributed by atoms with E-state index in [9.17, 15) is 4.79 Å². The number of rotatable bonds is 3. The first-order chi connectivity index (χ1) is 12.1. The molecular formula is C18H21N3O4. The minimum absolute atomic E-state index is 0.0507. The third-order valence-corrected chi connectivity index (χ3v) is 4.59. The van der Waals surface area contributed by atoms with Crippen molar-refractivity contribution < 1.29 is 18.8 Å². The molecule has 1 saturated heterocycles. The lowest BCUT2D eigenvalue weighted by Crippen LogP contribution is -2.34. The van der Waals surface area contributed by atoms with Crippen molar-refractivity contribution in [3.8, 4) is 11.5 Å². The van der Waals surface area contributed by atoms with Crippen LogP contribution in [0.5, 0.6) is 11.5 Å². The van der Waals surface area contributed by atoms with E-state index < -0.39 is 0 Å². The Kier molecular flexibility index (Phi) is 3.99. The number of hydrogen-bond donors (Lipinski definition) is 1. The molecule has 3 heterocycles. The molecule has 1 atom stereocenters. The second kappa shape index (κ2) is 6.31. The largest absolute Gasteiger partial charge is 0.454 e. The first kappa shape index (κ1) is 15.8. The molecule has 0 spiro atoms. The third kappa shape index (κ3) is 3.01. The maximum atomic E-state index is 12.7. The van der Waals surface area contributed by atoms with Crippen molar-refractivity contribution in [1.29, 1.82) is 0 Å². The Balaban J connectivity index is 1.48. The number of carbonyl (C=O) groups excluding carboxylic acids is 1. The van der Waals surface area contributed by atoms with Gasteiger partial charge in [-0.25, -0.2) is 4.79 Å². The molecule has 0 saturated carbocycles. The summed E-state index contributed by atoms with van der Waals surface area (Å²) < 4.78 is 16.0. The van der Waals surface area contributed by atoms with E-state index >= 15 is 0 Å². The molecule has 25 heavy (non-hydrogen) atoms. The van der Waals surface area contributed by atoms with Crippen molar-refractivity contribution in [1.82, 2.24) is 10.1 Å². The summed E-state index contributed by atoms with van der Waals surface area (Å²) in [7, 11) is 0. The summed E-state index contributed by atoms with van der Waals surface area (Å²) in [6.45, 7) is 5.03. The molecule has 0 radical (unpaired) electrons. The number of nitrogens with one attached hydrogen (secondary N) is 1. The predicted octanol–water partition coefficient (Wildman–Crippen LogP) is 3.90. The molecule has 1 N–H and O–H groups in total. The van der Waals surface area contributed by atoms with E-state index in [-0.39, 0.29) is 24.8 Å². The Morgan fingerprint density at radius 2 is 2.12 bits per heavy atom. The van der Waals surface area contributed by atoms with E-state index in [1.807, 2.05) is 17.0 Å². The van der Waals surface area contributed by atoms with Gasteiger partial charge in [-0.15, -0.1) is 0 Å².